The number of hydrogen-bond donors (Lipinski definition) is 1. The Bertz CT molecular complexity index is 1130. The van der Waals surface area contributed by atoms with Gasteiger partial charge in [-0.15, -0.1) is 11.3 Å². The van der Waals surface area contributed by atoms with E-state index in [1.807, 2.05) is 53.3 Å². The maximum Gasteiger partial charge on any atom is 0.271 e. The van der Waals surface area contributed by atoms with Crippen molar-refractivity contribution in [3.63, 3.8) is 0 Å². The zero-order valence-corrected chi connectivity index (χ0v) is 18.4. The molecule has 5 rings (SSSR count). The molecule has 3 heterocycles. The predicted octanol–water partition coefficient (Wildman–Crippen LogP) is 4.83. The van der Waals surface area contributed by atoms with Crippen LogP contribution in [0.3, 0.4) is 0 Å². The third kappa shape index (κ3) is 3.22. The Labute approximate surface area is 184 Å². The van der Waals surface area contributed by atoms with Crippen LogP contribution >= 0.6 is 22.9 Å². The number of carbonyl (C=O) groups excluding carboxylic acids is 2. The fourth-order valence-electron chi connectivity index (χ4n) is 4.73. The second-order valence-corrected chi connectivity index (χ2v) is 9.88. The molecule has 2 aliphatic rings. The Morgan fingerprint density at radius 1 is 1.27 bits per heavy atom. The van der Waals surface area contributed by atoms with Gasteiger partial charge in [-0.3, -0.25) is 9.59 Å². The fraction of sp³-hybridized carbons (Fsp3) is 0.391. The molecule has 0 bridgehead atoms. The molecule has 7 heteroatoms. The average Bonchev–Trinajstić information content (AvgIpc) is 3.44. The summed E-state index contributed by atoms with van der Waals surface area (Å²) in [6.07, 6.45) is 4.30. The number of thiophene rings is 1. The molecule has 0 radical (unpaired) electrons. The molecule has 2 amide bonds. The van der Waals surface area contributed by atoms with Gasteiger partial charge < -0.3 is 14.8 Å². The highest BCUT2D eigenvalue weighted by atomic mass is 35.5. The molecule has 1 fully saturated rings. The van der Waals surface area contributed by atoms with Crippen molar-refractivity contribution in [3.8, 4) is 0 Å². The number of rotatable bonds is 4. The lowest BCUT2D eigenvalue weighted by atomic mass is 9.93. The minimum Gasteiger partial charge on any atom is -0.351 e. The Kier molecular flexibility index (Phi) is 4.86. The molecule has 0 saturated heterocycles. The van der Waals surface area contributed by atoms with Gasteiger partial charge in [0.25, 0.3) is 5.91 Å². The molecular formula is C23H24ClN3O2S. The van der Waals surface area contributed by atoms with Gasteiger partial charge in [-0.2, -0.15) is 0 Å². The lowest BCUT2D eigenvalue weighted by molar-refractivity contribution is -0.133. The summed E-state index contributed by atoms with van der Waals surface area (Å²) in [6, 6.07) is 11.7. The minimum absolute atomic E-state index is 0.0752. The number of benzene rings is 1. The van der Waals surface area contributed by atoms with E-state index in [-0.39, 0.29) is 17.9 Å². The molecule has 156 valence electrons. The summed E-state index contributed by atoms with van der Waals surface area (Å²) in [7, 11) is 0. The molecule has 1 atom stereocenters. The molecule has 1 aromatic carbocycles. The third-order valence-electron chi connectivity index (χ3n) is 6.44. The van der Waals surface area contributed by atoms with Crippen LogP contribution < -0.4 is 5.32 Å². The summed E-state index contributed by atoms with van der Waals surface area (Å²) in [6.45, 7) is 2.67. The molecule has 0 spiro atoms. The van der Waals surface area contributed by atoms with Crippen LogP contribution in [0.5, 0.6) is 0 Å². The normalized spacial score (nSPS) is 21.9. The fourth-order valence-corrected chi connectivity index (χ4v) is 5.84. The molecule has 2 aromatic heterocycles. The number of nitrogens with zero attached hydrogens (tertiary/aromatic N) is 2. The van der Waals surface area contributed by atoms with Gasteiger partial charge in [0.15, 0.2) is 0 Å². The van der Waals surface area contributed by atoms with Crippen molar-refractivity contribution in [3.05, 3.63) is 58.1 Å². The van der Waals surface area contributed by atoms with E-state index in [4.69, 9.17) is 11.6 Å². The van der Waals surface area contributed by atoms with Gasteiger partial charge in [-0.25, -0.2) is 0 Å². The third-order valence-corrected chi connectivity index (χ3v) is 7.62. The van der Waals surface area contributed by atoms with Gasteiger partial charge in [-0.05, 0) is 55.0 Å². The van der Waals surface area contributed by atoms with Crippen LogP contribution in [0.25, 0.3) is 10.2 Å². The smallest absolute Gasteiger partial charge is 0.271 e. The largest absolute Gasteiger partial charge is 0.351 e. The van der Waals surface area contributed by atoms with Gasteiger partial charge in [0.2, 0.25) is 5.91 Å². The van der Waals surface area contributed by atoms with E-state index in [0.29, 0.717) is 23.8 Å². The molecular weight excluding hydrogens is 418 g/mol. The summed E-state index contributed by atoms with van der Waals surface area (Å²) in [5, 5.41) is 6.93. The Balaban J connectivity index is 1.55. The highest BCUT2D eigenvalue weighted by Crippen LogP contribution is 2.36. The second-order valence-electron chi connectivity index (χ2n) is 8.55. The molecule has 1 aliphatic heterocycles. The van der Waals surface area contributed by atoms with Crippen molar-refractivity contribution in [1.29, 1.82) is 0 Å². The quantitative estimate of drug-likeness (QED) is 0.630. The number of amides is 2. The van der Waals surface area contributed by atoms with Crippen LogP contribution in [0.2, 0.25) is 5.02 Å². The number of nitrogens with one attached hydrogen (secondary N) is 1. The number of aromatic nitrogens is 1. The predicted molar refractivity (Wildman–Crippen MR) is 120 cm³/mol. The summed E-state index contributed by atoms with van der Waals surface area (Å²) in [4.78, 5) is 29.9. The van der Waals surface area contributed by atoms with Crippen molar-refractivity contribution in [2.24, 2.45) is 0 Å². The zero-order valence-electron chi connectivity index (χ0n) is 16.9. The molecule has 3 aromatic rings. The lowest BCUT2D eigenvalue weighted by Crippen LogP contribution is -2.64. The lowest BCUT2D eigenvalue weighted by Gasteiger charge is -2.44. The first-order valence-electron chi connectivity index (χ1n) is 10.4. The van der Waals surface area contributed by atoms with Crippen molar-refractivity contribution >= 4 is 45.0 Å². The molecule has 5 nitrogen and oxygen atoms in total. The standard InChI is InChI=1S/C23H24ClN3O2S/c1-23(22(29)25-18-7-2-3-8-18)14-26-19(12-16-9-10-30-21(16)26)20(28)27(23)13-15-5-4-6-17(24)11-15/h4-6,9-12,18H,2-3,7-8,13-14H2,1H3,(H,25,29)/t23-/m1/s1. The molecule has 30 heavy (non-hydrogen) atoms. The van der Waals surface area contributed by atoms with Gasteiger partial charge in [-0.1, -0.05) is 36.6 Å². The number of carbonyl (C=O) groups is 2. The minimum atomic E-state index is -0.981. The van der Waals surface area contributed by atoms with Crippen LogP contribution in [-0.2, 0) is 17.9 Å². The van der Waals surface area contributed by atoms with Crippen molar-refractivity contribution in [2.75, 3.05) is 0 Å². The first kappa shape index (κ1) is 19.6. The highest BCUT2D eigenvalue weighted by Gasteiger charge is 2.48. The van der Waals surface area contributed by atoms with Crippen LogP contribution in [0, 0.1) is 0 Å². The molecule has 1 N–H and O–H groups in total. The van der Waals surface area contributed by atoms with E-state index in [2.05, 4.69) is 5.32 Å². The maximum absolute atomic E-state index is 13.6. The summed E-state index contributed by atoms with van der Waals surface area (Å²) in [5.41, 5.74) is 0.577. The maximum atomic E-state index is 13.6. The van der Waals surface area contributed by atoms with E-state index in [1.165, 1.54) is 0 Å². The van der Waals surface area contributed by atoms with Crippen molar-refractivity contribution < 1.29 is 9.59 Å². The van der Waals surface area contributed by atoms with Crippen LogP contribution in [0.4, 0.5) is 0 Å². The first-order chi connectivity index (χ1) is 14.5. The molecule has 1 aliphatic carbocycles. The van der Waals surface area contributed by atoms with E-state index >= 15 is 0 Å². The van der Waals surface area contributed by atoms with E-state index < -0.39 is 5.54 Å². The van der Waals surface area contributed by atoms with E-state index in [0.717, 1.165) is 41.5 Å². The van der Waals surface area contributed by atoms with Crippen LogP contribution in [-0.4, -0.2) is 32.9 Å². The number of halogens is 1. The topological polar surface area (TPSA) is 54.3 Å². The van der Waals surface area contributed by atoms with Gasteiger partial charge >= 0.3 is 0 Å². The Hall–Kier alpha value is -2.31. The van der Waals surface area contributed by atoms with Crippen molar-refractivity contribution in [1.82, 2.24) is 14.8 Å². The molecule has 1 saturated carbocycles. The summed E-state index contributed by atoms with van der Waals surface area (Å²) in [5.74, 6) is -0.192. The van der Waals surface area contributed by atoms with Crippen LogP contribution in [0.15, 0.2) is 41.8 Å². The first-order valence-corrected chi connectivity index (χ1v) is 11.7. The van der Waals surface area contributed by atoms with Gasteiger partial charge in [0.1, 0.15) is 16.1 Å². The van der Waals surface area contributed by atoms with Gasteiger partial charge in [0, 0.05) is 23.0 Å². The summed E-state index contributed by atoms with van der Waals surface area (Å²) >= 11 is 7.79. The molecule has 0 unspecified atom stereocenters. The highest BCUT2D eigenvalue weighted by molar-refractivity contribution is 7.16. The monoisotopic (exact) mass is 441 g/mol. The average molecular weight is 442 g/mol. The van der Waals surface area contributed by atoms with Gasteiger partial charge in [0.05, 0.1) is 6.54 Å². The van der Waals surface area contributed by atoms with E-state index in [9.17, 15) is 9.59 Å². The second kappa shape index (κ2) is 7.43. The van der Waals surface area contributed by atoms with Crippen molar-refractivity contribution in [2.45, 2.75) is 57.3 Å². The van der Waals surface area contributed by atoms with E-state index in [1.54, 1.807) is 16.2 Å². The SMILES string of the molecule is C[C@]1(C(=O)NC2CCCC2)Cn2c(cc3ccsc32)C(=O)N1Cc1cccc(Cl)c1. The summed E-state index contributed by atoms with van der Waals surface area (Å²) < 4.78 is 2.02. The Morgan fingerprint density at radius 3 is 2.83 bits per heavy atom. The number of fused-ring (bicyclic) bond motifs is 3. The Morgan fingerprint density at radius 2 is 2.07 bits per heavy atom. The van der Waals surface area contributed by atoms with Crippen LogP contribution in [0.1, 0.15) is 48.7 Å². The zero-order chi connectivity index (χ0) is 20.9. The number of hydrogen-bond acceptors (Lipinski definition) is 3.